The Labute approximate surface area is 119 Å². The zero-order valence-corrected chi connectivity index (χ0v) is 12.0. The van der Waals surface area contributed by atoms with E-state index >= 15 is 0 Å². The number of halogens is 3. The molecule has 1 nitrogen and oxygen atoms in total. The summed E-state index contributed by atoms with van der Waals surface area (Å²) in [5, 5.41) is -0.510. The predicted molar refractivity (Wildman–Crippen MR) is 74.8 cm³/mol. The van der Waals surface area contributed by atoms with Crippen LogP contribution in [0.2, 0.25) is 0 Å². The minimum absolute atomic E-state index is 0.364. The summed E-state index contributed by atoms with van der Waals surface area (Å²) in [6.45, 7) is 0. The molecule has 18 heavy (non-hydrogen) atoms. The monoisotopic (exact) mass is 328 g/mol. The molecule has 0 N–H and O–H groups in total. The molecule has 0 spiro atoms. The van der Waals surface area contributed by atoms with Gasteiger partial charge in [-0.1, -0.05) is 34.1 Å². The summed E-state index contributed by atoms with van der Waals surface area (Å²) in [6.07, 6.45) is 0. The zero-order chi connectivity index (χ0) is 13.1. The lowest BCUT2D eigenvalue weighted by Crippen LogP contribution is -1.97. The molecule has 0 bridgehead atoms. The lowest BCUT2D eigenvalue weighted by molar-refractivity contribution is 0.410. The maximum Gasteiger partial charge on any atom is 0.131 e. The standard InChI is InChI=1S/C14H11BrClFO/c1-18-11-6-7-12(13(17)8-11)14(16)9-2-4-10(15)5-3-9/h2-8,14H,1H3. The highest BCUT2D eigenvalue weighted by molar-refractivity contribution is 9.10. The molecule has 0 aliphatic heterocycles. The number of benzene rings is 2. The summed E-state index contributed by atoms with van der Waals surface area (Å²) in [5.74, 6) is 0.119. The summed E-state index contributed by atoms with van der Waals surface area (Å²) < 4.78 is 19.8. The van der Waals surface area contributed by atoms with Gasteiger partial charge in [-0.3, -0.25) is 0 Å². The molecule has 1 atom stereocenters. The third-order valence-corrected chi connectivity index (χ3v) is 3.66. The van der Waals surface area contributed by atoms with Crippen molar-refractivity contribution in [2.45, 2.75) is 5.38 Å². The van der Waals surface area contributed by atoms with Crippen LogP contribution in [0.4, 0.5) is 4.39 Å². The van der Waals surface area contributed by atoms with Crippen LogP contribution in [0.5, 0.6) is 5.75 Å². The van der Waals surface area contributed by atoms with Crippen LogP contribution in [0.15, 0.2) is 46.9 Å². The number of hydrogen-bond acceptors (Lipinski definition) is 1. The predicted octanol–water partition coefficient (Wildman–Crippen LogP) is 4.93. The fourth-order valence-electron chi connectivity index (χ4n) is 1.65. The molecule has 0 amide bonds. The van der Waals surface area contributed by atoms with E-state index in [2.05, 4.69) is 15.9 Å². The maximum atomic E-state index is 13.9. The van der Waals surface area contributed by atoms with Crippen LogP contribution in [-0.2, 0) is 0 Å². The van der Waals surface area contributed by atoms with E-state index in [1.807, 2.05) is 24.3 Å². The van der Waals surface area contributed by atoms with E-state index in [4.69, 9.17) is 16.3 Å². The number of hydrogen-bond donors (Lipinski definition) is 0. The van der Waals surface area contributed by atoms with Crippen LogP contribution in [-0.4, -0.2) is 7.11 Å². The molecule has 0 radical (unpaired) electrons. The van der Waals surface area contributed by atoms with Gasteiger partial charge in [-0.25, -0.2) is 4.39 Å². The van der Waals surface area contributed by atoms with Crippen LogP contribution in [0.3, 0.4) is 0 Å². The second-order valence-corrected chi connectivity index (χ2v) is 5.15. The van der Waals surface area contributed by atoms with Crippen molar-refractivity contribution in [1.29, 1.82) is 0 Å². The topological polar surface area (TPSA) is 9.23 Å². The first-order chi connectivity index (χ1) is 8.61. The van der Waals surface area contributed by atoms with Gasteiger partial charge in [0.1, 0.15) is 11.6 Å². The van der Waals surface area contributed by atoms with E-state index in [9.17, 15) is 4.39 Å². The fourth-order valence-corrected chi connectivity index (χ4v) is 2.24. The SMILES string of the molecule is COc1ccc(C(Cl)c2ccc(Br)cc2)c(F)c1. The van der Waals surface area contributed by atoms with Crippen molar-refractivity contribution in [3.63, 3.8) is 0 Å². The summed E-state index contributed by atoms with van der Waals surface area (Å²) in [6, 6.07) is 12.2. The summed E-state index contributed by atoms with van der Waals surface area (Å²) in [5.41, 5.74) is 1.30. The van der Waals surface area contributed by atoms with E-state index in [0.29, 0.717) is 11.3 Å². The van der Waals surface area contributed by atoms with Crippen LogP contribution in [0.25, 0.3) is 0 Å². The van der Waals surface area contributed by atoms with Gasteiger partial charge in [-0.15, -0.1) is 11.6 Å². The number of rotatable bonds is 3. The molecule has 0 aliphatic rings. The van der Waals surface area contributed by atoms with Gasteiger partial charge in [0.25, 0.3) is 0 Å². The minimum atomic E-state index is -0.510. The van der Waals surface area contributed by atoms with E-state index in [1.54, 1.807) is 12.1 Å². The Morgan fingerprint density at radius 2 is 1.83 bits per heavy atom. The van der Waals surface area contributed by atoms with Crippen LogP contribution < -0.4 is 4.74 Å². The average Bonchev–Trinajstić information content (AvgIpc) is 2.38. The summed E-state index contributed by atoms with van der Waals surface area (Å²) >= 11 is 9.64. The Morgan fingerprint density at radius 3 is 2.39 bits per heavy atom. The molecule has 2 aromatic carbocycles. The average molecular weight is 330 g/mol. The molecule has 94 valence electrons. The number of alkyl halides is 1. The Morgan fingerprint density at radius 1 is 1.17 bits per heavy atom. The van der Waals surface area contributed by atoms with Gasteiger partial charge in [-0.05, 0) is 23.8 Å². The van der Waals surface area contributed by atoms with E-state index < -0.39 is 5.38 Å². The highest BCUT2D eigenvalue weighted by atomic mass is 79.9. The Kier molecular flexibility index (Phi) is 4.25. The van der Waals surface area contributed by atoms with Crippen molar-refractivity contribution in [2.24, 2.45) is 0 Å². The molecule has 4 heteroatoms. The number of methoxy groups -OCH3 is 1. The van der Waals surface area contributed by atoms with Crippen LogP contribution in [0.1, 0.15) is 16.5 Å². The smallest absolute Gasteiger partial charge is 0.131 e. The molecule has 0 heterocycles. The highest BCUT2D eigenvalue weighted by Gasteiger charge is 2.15. The largest absolute Gasteiger partial charge is 0.497 e. The van der Waals surface area contributed by atoms with Crippen molar-refractivity contribution in [3.8, 4) is 5.75 Å². The molecule has 1 unspecified atom stereocenters. The normalized spacial score (nSPS) is 12.2. The van der Waals surface area contributed by atoms with E-state index in [-0.39, 0.29) is 5.82 Å². The Hall–Kier alpha value is -1.06. The van der Waals surface area contributed by atoms with Crippen LogP contribution in [0, 0.1) is 5.82 Å². The Balaban J connectivity index is 2.33. The zero-order valence-electron chi connectivity index (χ0n) is 9.66. The second-order valence-electron chi connectivity index (χ2n) is 3.80. The minimum Gasteiger partial charge on any atom is -0.497 e. The molecular weight excluding hydrogens is 319 g/mol. The second kappa shape index (κ2) is 5.72. The molecule has 2 rings (SSSR count). The molecule has 0 aromatic heterocycles. The van der Waals surface area contributed by atoms with E-state index in [0.717, 1.165) is 10.0 Å². The molecule has 0 fully saturated rings. The van der Waals surface area contributed by atoms with E-state index in [1.165, 1.54) is 13.2 Å². The van der Waals surface area contributed by atoms with Gasteiger partial charge < -0.3 is 4.74 Å². The Bertz CT molecular complexity index is 542. The first-order valence-electron chi connectivity index (χ1n) is 5.35. The van der Waals surface area contributed by atoms with Crippen molar-refractivity contribution >= 4 is 27.5 Å². The van der Waals surface area contributed by atoms with Gasteiger partial charge in [0.05, 0.1) is 12.5 Å². The first-order valence-corrected chi connectivity index (χ1v) is 6.57. The third-order valence-electron chi connectivity index (χ3n) is 2.64. The highest BCUT2D eigenvalue weighted by Crippen LogP contribution is 2.32. The molecule has 0 saturated heterocycles. The first kappa shape index (κ1) is 13.4. The summed E-state index contributed by atoms with van der Waals surface area (Å²) in [4.78, 5) is 0. The van der Waals surface area contributed by atoms with Gasteiger partial charge >= 0.3 is 0 Å². The fraction of sp³-hybridized carbons (Fsp3) is 0.143. The van der Waals surface area contributed by atoms with Gasteiger partial charge in [0, 0.05) is 16.1 Å². The molecule has 2 aromatic rings. The number of ether oxygens (including phenoxy) is 1. The lowest BCUT2D eigenvalue weighted by atomic mass is 10.0. The lowest BCUT2D eigenvalue weighted by Gasteiger charge is -2.12. The molecule has 0 aliphatic carbocycles. The summed E-state index contributed by atoms with van der Waals surface area (Å²) in [7, 11) is 1.50. The van der Waals surface area contributed by atoms with Crippen molar-refractivity contribution in [1.82, 2.24) is 0 Å². The van der Waals surface area contributed by atoms with Crippen molar-refractivity contribution in [3.05, 3.63) is 63.9 Å². The van der Waals surface area contributed by atoms with Crippen molar-refractivity contribution in [2.75, 3.05) is 7.11 Å². The maximum absolute atomic E-state index is 13.9. The van der Waals surface area contributed by atoms with Gasteiger partial charge in [0.2, 0.25) is 0 Å². The third kappa shape index (κ3) is 2.85. The molecular formula is C14H11BrClFO. The quantitative estimate of drug-likeness (QED) is 0.726. The van der Waals surface area contributed by atoms with Crippen LogP contribution >= 0.6 is 27.5 Å². The van der Waals surface area contributed by atoms with Crippen molar-refractivity contribution < 1.29 is 9.13 Å². The van der Waals surface area contributed by atoms with Gasteiger partial charge in [-0.2, -0.15) is 0 Å². The molecule has 0 saturated carbocycles. The van der Waals surface area contributed by atoms with Gasteiger partial charge in [0.15, 0.2) is 0 Å².